The summed E-state index contributed by atoms with van der Waals surface area (Å²) in [6, 6.07) is 3.45. The van der Waals surface area contributed by atoms with Crippen molar-refractivity contribution in [3.8, 4) is 10.6 Å². The highest BCUT2D eigenvalue weighted by molar-refractivity contribution is 7.13. The minimum atomic E-state index is -0.619. The van der Waals surface area contributed by atoms with Gasteiger partial charge in [-0.15, -0.1) is 11.3 Å². The van der Waals surface area contributed by atoms with Crippen molar-refractivity contribution < 1.29 is 9.53 Å². The molecular formula is C17H15ClN2O3S. The third-order valence-corrected chi connectivity index (χ3v) is 4.79. The van der Waals surface area contributed by atoms with Crippen molar-refractivity contribution in [1.82, 2.24) is 9.55 Å². The molecule has 0 aliphatic heterocycles. The van der Waals surface area contributed by atoms with Crippen LogP contribution in [-0.4, -0.2) is 22.1 Å². The fourth-order valence-corrected chi connectivity index (χ4v) is 3.52. The summed E-state index contributed by atoms with van der Waals surface area (Å²) in [6.07, 6.45) is 3.25. The van der Waals surface area contributed by atoms with Crippen molar-refractivity contribution in [2.45, 2.75) is 20.4 Å². The molecule has 0 spiro atoms. The van der Waals surface area contributed by atoms with Crippen molar-refractivity contribution in [2.24, 2.45) is 0 Å². The number of fused-ring (bicyclic) bond motifs is 1. The van der Waals surface area contributed by atoms with Gasteiger partial charge in [0.15, 0.2) is 0 Å². The highest BCUT2D eigenvalue weighted by atomic mass is 35.5. The predicted molar refractivity (Wildman–Crippen MR) is 96.0 cm³/mol. The zero-order valence-electron chi connectivity index (χ0n) is 13.2. The van der Waals surface area contributed by atoms with Crippen LogP contribution in [0.25, 0.3) is 21.5 Å². The van der Waals surface area contributed by atoms with Gasteiger partial charge < -0.3 is 9.30 Å². The van der Waals surface area contributed by atoms with E-state index in [-0.39, 0.29) is 17.6 Å². The molecule has 24 heavy (non-hydrogen) atoms. The molecule has 0 aliphatic carbocycles. The highest BCUT2D eigenvalue weighted by Crippen LogP contribution is 2.32. The molecule has 3 aromatic rings. The van der Waals surface area contributed by atoms with Gasteiger partial charge in [0.1, 0.15) is 10.6 Å². The second-order valence-electron chi connectivity index (χ2n) is 5.06. The monoisotopic (exact) mass is 362 g/mol. The van der Waals surface area contributed by atoms with E-state index in [9.17, 15) is 9.59 Å². The van der Waals surface area contributed by atoms with Gasteiger partial charge in [-0.2, -0.15) is 0 Å². The summed E-state index contributed by atoms with van der Waals surface area (Å²) in [6.45, 7) is 4.46. The van der Waals surface area contributed by atoms with Gasteiger partial charge >= 0.3 is 5.97 Å². The lowest BCUT2D eigenvalue weighted by Crippen LogP contribution is -2.20. The number of aryl methyl sites for hydroxylation is 1. The van der Waals surface area contributed by atoms with Crippen molar-refractivity contribution in [1.29, 1.82) is 0 Å². The van der Waals surface area contributed by atoms with E-state index in [1.807, 2.05) is 22.9 Å². The molecule has 5 nitrogen and oxygen atoms in total. The van der Waals surface area contributed by atoms with Gasteiger partial charge in [-0.25, -0.2) is 9.78 Å². The van der Waals surface area contributed by atoms with Crippen molar-refractivity contribution in [3.05, 3.63) is 50.7 Å². The molecule has 2 heterocycles. The molecule has 124 valence electrons. The minimum Gasteiger partial charge on any atom is -0.462 e. The Morgan fingerprint density at radius 1 is 1.38 bits per heavy atom. The van der Waals surface area contributed by atoms with E-state index < -0.39 is 5.97 Å². The third kappa shape index (κ3) is 2.83. The summed E-state index contributed by atoms with van der Waals surface area (Å²) < 4.78 is 6.82. The van der Waals surface area contributed by atoms with Gasteiger partial charge in [-0.3, -0.25) is 4.79 Å². The minimum absolute atomic E-state index is 0.0178. The van der Waals surface area contributed by atoms with E-state index in [1.165, 1.54) is 11.3 Å². The first-order valence-corrected chi connectivity index (χ1v) is 8.76. The number of carbonyl (C=O) groups is 1. The molecule has 7 heteroatoms. The molecule has 0 N–H and O–H groups in total. The number of esters is 1. The van der Waals surface area contributed by atoms with Crippen molar-refractivity contribution in [2.75, 3.05) is 6.61 Å². The highest BCUT2D eigenvalue weighted by Gasteiger charge is 2.18. The molecule has 0 atom stereocenters. The number of nitrogens with zero attached hydrogens (tertiary/aromatic N) is 2. The van der Waals surface area contributed by atoms with E-state index in [0.717, 1.165) is 10.6 Å². The summed E-state index contributed by atoms with van der Waals surface area (Å²) in [5.41, 5.74) is 1.12. The van der Waals surface area contributed by atoms with Crippen LogP contribution in [0.5, 0.6) is 0 Å². The molecule has 0 unspecified atom stereocenters. The average Bonchev–Trinajstić information content (AvgIpc) is 3.09. The van der Waals surface area contributed by atoms with Crippen LogP contribution in [-0.2, 0) is 11.3 Å². The lowest BCUT2D eigenvalue weighted by Gasteiger charge is -2.13. The van der Waals surface area contributed by atoms with E-state index in [4.69, 9.17) is 16.3 Å². The first-order chi connectivity index (χ1) is 11.6. The lowest BCUT2D eigenvalue weighted by molar-refractivity contribution is 0.0524. The van der Waals surface area contributed by atoms with E-state index in [2.05, 4.69) is 4.98 Å². The second kappa shape index (κ2) is 6.75. The molecule has 1 aromatic carbocycles. The smallest absolute Gasteiger partial charge is 0.343 e. The summed E-state index contributed by atoms with van der Waals surface area (Å²) in [5, 5.41) is 3.48. The first-order valence-electron chi connectivity index (χ1n) is 7.50. The van der Waals surface area contributed by atoms with E-state index >= 15 is 0 Å². The number of carbonyl (C=O) groups excluding carboxylic acids is 1. The van der Waals surface area contributed by atoms with Crippen molar-refractivity contribution >= 4 is 39.8 Å². The maximum atomic E-state index is 12.7. The van der Waals surface area contributed by atoms with Crippen LogP contribution in [0.3, 0.4) is 0 Å². The number of pyridine rings is 1. The van der Waals surface area contributed by atoms with Crippen LogP contribution in [0.15, 0.2) is 34.7 Å². The van der Waals surface area contributed by atoms with Gasteiger partial charge in [0.2, 0.25) is 5.43 Å². The largest absolute Gasteiger partial charge is 0.462 e. The van der Waals surface area contributed by atoms with E-state index in [0.29, 0.717) is 22.5 Å². The Bertz CT molecular complexity index is 964. The Morgan fingerprint density at radius 3 is 2.79 bits per heavy atom. The topological polar surface area (TPSA) is 61.2 Å². The first kappa shape index (κ1) is 16.7. The van der Waals surface area contributed by atoms with Gasteiger partial charge in [-0.1, -0.05) is 11.6 Å². The summed E-state index contributed by atoms with van der Waals surface area (Å²) in [4.78, 5) is 29.0. The summed E-state index contributed by atoms with van der Waals surface area (Å²) in [7, 11) is 0. The molecule has 0 fully saturated rings. The predicted octanol–water partition coefficient (Wildman–Crippen LogP) is 3.98. The van der Waals surface area contributed by atoms with Crippen LogP contribution >= 0.6 is 22.9 Å². The maximum absolute atomic E-state index is 12.7. The zero-order chi connectivity index (χ0) is 17.3. The Labute approximate surface area is 147 Å². The fraction of sp³-hybridized carbons (Fsp3) is 0.235. The fourth-order valence-electron chi connectivity index (χ4n) is 2.55. The molecule has 0 amide bonds. The van der Waals surface area contributed by atoms with Crippen molar-refractivity contribution in [3.63, 3.8) is 0 Å². The van der Waals surface area contributed by atoms with Gasteiger partial charge in [0, 0.05) is 35.3 Å². The van der Waals surface area contributed by atoms with Crippen LogP contribution < -0.4 is 5.43 Å². The van der Waals surface area contributed by atoms with Crippen LogP contribution in [0, 0.1) is 0 Å². The normalized spacial score (nSPS) is 11.0. The number of thiazole rings is 1. The molecular weight excluding hydrogens is 348 g/mol. The van der Waals surface area contributed by atoms with Gasteiger partial charge in [0.05, 0.1) is 17.1 Å². The van der Waals surface area contributed by atoms with Crippen LogP contribution in [0.1, 0.15) is 24.2 Å². The number of halogens is 1. The number of ether oxygens (including phenoxy) is 1. The third-order valence-electron chi connectivity index (χ3n) is 3.67. The number of benzene rings is 1. The number of rotatable bonds is 4. The zero-order valence-corrected chi connectivity index (χ0v) is 14.8. The molecule has 0 radical (unpaired) electrons. The number of hydrogen-bond acceptors (Lipinski definition) is 5. The Hall–Kier alpha value is -2.18. The van der Waals surface area contributed by atoms with Gasteiger partial charge in [0.25, 0.3) is 0 Å². The van der Waals surface area contributed by atoms with E-state index in [1.54, 1.807) is 25.4 Å². The lowest BCUT2D eigenvalue weighted by atomic mass is 10.1. The molecule has 0 aliphatic rings. The average molecular weight is 363 g/mol. The molecule has 0 saturated heterocycles. The Balaban J connectivity index is 2.30. The summed E-state index contributed by atoms with van der Waals surface area (Å²) in [5.74, 6) is -0.619. The second-order valence-corrected chi connectivity index (χ2v) is 6.37. The molecule has 2 aromatic heterocycles. The van der Waals surface area contributed by atoms with Gasteiger partial charge in [-0.05, 0) is 26.0 Å². The number of hydrogen-bond donors (Lipinski definition) is 0. The maximum Gasteiger partial charge on any atom is 0.343 e. The quantitative estimate of drug-likeness (QED) is 0.659. The molecule has 0 saturated carbocycles. The molecule has 0 bridgehead atoms. The summed E-state index contributed by atoms with van der Waals surface area (Å²) >= 11 is 7.83. The SMILES string of the molecule is CCOC(=O)c1cn(CC)c2cc(-c3nccs3)c(Cl)cc2c1=O. The van der Waals surface area contributed by atoms with Crippen LogP contribution in [0.2, 0.25) is 5.02 Å². The Morgan fingerprint density at radius 2 is 2.17 bits per heavy atom. The van der Waals surface area contributed by atoms with Crippen LogP contribution in [0.4, 0.5) is 0 Å². The molecule has 3 rings (SSSR count). The number of aromatic nitrogens is 2. The standard InChI is InChI=1S/C17H15ClN2O3S/c1-3-20-9-12(17(22)23-4-2)15(21)11-7-13(18)10(8-14(11)20)16-19-5-6-24-16/h5-9H,3-4H2,1-2H3. The Kier molecular flexibility index (Phi) is 4.69.